The van der Waals surface area contributed by atoms with Crippen molar-refractivity contribution in [3.63, 3.8) is 0 Å². The van der Waals surface area contributed by atoms with Gasteiger partial charge in [0.1, 0.15) is 0 Å². The second-order valence-electron chi connectivity index (χ2n) is 4.34. The fraction of sp³-hybridized carbons (Fsp3) is 0.538. The maximum Gasteiger partial charge on any atom is 0.0245 e. The molecule has 94 valence electrons. The number of rotatable bonds is 4. The minimum atomic E-state index is 0.930. The van der Waals surface area contributed by atoms with Crippen molar-refractivity contribution in [1.82, 2.24) is 10.2 Å². The monoisotopic (exact) mass is 314 g/mol. The summed E-state index contributed by atoms with van der Waals surface area (Å²) in [6.45, 7) is 4.44. The number of nitrogens with zero attached hydrogens (tertiary/aromatic N) is 1. The van der Waals surface area contributed by atoms with Gasteiger partial charge in [0.05, 0.1) is 0 Å². The Bertz CT molecular complexity index is 364. The minimum Gasteiger partial charge on any atom is -0.316 e. The van der Waals surface area contributed by atoms with Crippen molar-refractivity contribution in [3.8, 4) is 0 Å². The first kappa shape index (κ1) is 13.4. The molecule has 1 fully saturated rings. The van der Waals surface area contributed by atoms with Crippen molar-refractivity contribution >= 4 is 27.7 Å². The van der Waals surface area contributed by atoms with Crippen molar-refractivity contribution in [3.05, 3.63) is 33.8 Å². The Morgan fingerprint density at radius 1 is 1.35 bits per heavy atom. The zero-order valence-electron chi connectivity index (χ0n) is 10.2. The molecule has 0 unspecified atom stereocenters. The Morgan fingerprint density at radius 3 is 2.76 bits per heavy atom. The normalized spacial score (nSPS) is 17.3. The standard InChI is InChI=1S/C13H19BrN2S/c1-15-9-11-2-3-12(13(14)8-11)10-16-4-6-17-7-5-16/h2-3,8,15H,4-7,9-10H2,1H3. The molecule has 1 aliphatic rings. The van der Waals surface area contributed by atoms with Crippen molar-refractivity contribution in [2.45, 2.75) is 13.1 Å². The van der Waals surface area contributed by atoms with E-state index < -0.39 is 0 Å². The third-order valence-electron chi connectivity index (χ3n) is 3.00. The molecule has 1 heterocycles. The summed E-state index contributed by atoms with van der Waals surface area (Å²) in [7, 11) is 1.98. The van der Waals surface area contributed by atoms with E-state index >= 15 is 0 Å². The molecule has 1 N–H and O–H groups in total. The van der Waals surface area contributed by atoms with Crippen LogP contribution >= 0.6 is 27.7 Å². The number of benzene rings is 1. The topological polar surface area (TPSA) is 15.3 Å². The number of hydrogen-bond donors (Lipinski definition) is 1. The first-order valence-electron chi connectivity index (χ1n) is 6.01. The van der Waals surface area contributed by atoms with E-state index in [-0.39, 0.29) is 0 Å². The zero-order chi connectivity index (χ0) is 12.1. The van der Waals surface area contributed by atoms with Gasteiger partial charge in [-0.1, -0.05) is 28.1 Å². The lowest BCUT2D eigenvalue weighted by Gasteiger charge is -2.26. The van der Waals surface area contributed by atoms with Crippen LogP contribution in [0, 0.1) is 0 Å². The molecule has 0 saturated carbocycles. The van der Waals surface area contributed by atoms with Crippen LogP contribution in [0.25, 0.3) is 0 Å². The lowest BCUT2D eigenvalue weighted by molar-refractivity contribution is 0.294. The average molecular weight is 315 g/mol. The second-order valence-corrected chi connectivity index (χ2v) is 6.42. The second kappa shape index (κ2) is 6.78. The fourth-order valence-electron chi connectivity index (χ4n) is 2.03. The molecular formula is C13H19BrN2S. The van der Waals surface area contributed by atoms with Gasteiger partial charge in [-0.15, -0.1) is 0 Å². The van der Waals surface area contributed by atoms with Gasteiger partial charge in [-0.25, -0.2) is 0 Å². The maximum atomic E-state index is 3.68. The first-order valence-corrected chi connectivity index (χ1v) is 7.96. The van der Waals surface area contributed by atoms with Crippen LogP contribution in [0.3, 0.4) is 0 Å². The first-order chi connectivity index (χ1) is 8.29. The zero-order valence-corrected chi connectivity index (χ0v) is 12.6. The molecule has 0 bridgehead atoms. The van der Waals surface area contributed by atoms with Gasteiger partial charge >= 0.3 is 0 Å². The van der Waals surface area contributed by atoms with Gasteiger partial charge < -0.3 is 5.32 Å². The molecule has 0 aromatic heterocycles. The molecule has 2 rings (SSSR count). The van der Waals surface area contributed by atoms with E-state index in [9.17, 15) is 0 Å². The molecule has 0 spiro atoms. The van der Waals surface area contributed by atoms with Crippen molar-refractivity contribution in [2.24, 2.45) is 0 Å². The predicted molar refractivity (Wildman–Crippen MR) is 79.5 cm³/mol. The van der Waals surface area contributed by atoms with Crippen molar-refractivity contribution < 1.29 is 0 Å². The summed E-state index contributed by atoms with van der Waals surface area (Å²) in [5.41, 5.74) is 2.73. The predicted octanol–water partition coefficient (Wildman–Crippen LogP) is 2.72. The fourth-order valence-corrected chi connectivity index (χ4v) is 3.56. The molecule has 0 atom stereocenters. The summed E-state index contributed by atoms with van der Waals surface area (Å²) in [4.78, 5) is 2.54. The van der Waals surface area contributed by atoms with Gasteiger partial charge in [0, 0.05) is 42.2 Å². The summed E-state index contributed by atoms with van der Waals surface area (Å²) in [6.07, 6.45) is 0. The molecule has 1 aliphatic heterocycles. The molecule has 0 radical (unpaired) electrons. The highest BCUT2D eigenvalue weighted by atomic mass is 79.9. The van der Waals surface area contributed by atoms with E-state index in [1.165, 1.54) is 40.2 Å². The molecule has 1 aromatic carbocycles. The summed E-state index contributed by atoms with van der Waals surface area (Å²) in [5.74, 6) is 2.55. The van der Waals surface area contributed by atoms with Gasteiger partial charge in [-0.2, -0.15) is 11.8 Å². The number of thioether (sulfide) groups is 1. The van der Waals surface area contributed by atoms with Crippen LogP contribution in [-0.4, -0.2) is 36.5 Å². The Labute approximate surface area is 116 Å². The lowest BCUT2D eigenvalue weighted by atomic mass is 10.1. The summed E-state index contributed by atoms with van der Waals surface area (Å²) in [6, 6.07) is 6.69. The molecule has 1 aromatic rings. The average Bonchev–Trinajstić information content (AvgIpc) is 2.34. The van der Waals surface area contributed by atoms with Crippen molar-refractivity contribution in [1.29, 1.82) is 0 Å². The van der Waals surface area contributed by atoms with Crippen LogP contribution in [0.4, 0.5) is 0 Å². The third kappa shape index (κ3) is 3.98. The number of hydrogen-bond acceptors (Lipinski definition) is 3. The van der Waals surface area contributed by atoms with Crippen molar-refractivity contribution in [2.75, 3.05) is 31.6 Å². The van der Waals surface area contributed by atoms with E-state index in [4.69, 9.17) is 0 Å². The van der Waals surface area contributed by atoms with E-state index in [0.29, 0.717) is 0 Å². The molecule has 17 heavy (non-hydrogen) atoms. The summed E-state index contributed by atoms with van der Waals surface area (Å²) in [5, 5.41) is 3.18. The molecule has 2 nitrogen and oxygen atoms in total. The van der Waals surface area contributed by atoms with E-state index in [2.05, 4.69) is 56.1 Å². The maximum absolute atomic E-state index is 3.68. The Balaban J connectivity index is 2.00. The Morgan fingerprint density at radius 2 is 2.12 bits per heavy atom. The summed E-state index contributed by atoms with van der Waals surface area (Å²) < 4.78 is 1.24. The highest BCUT2D eigenvalue weighted by Gasteiger charge is 2.12. The Hall–Kier alpha value is -0.0300. The number of halogens is 1. The van der Waals surface area contributed by atoms with E-state index in [0.717, 1.165) is 13.1 Å². The highest BCUT2D eigenvalue weighted by molar-refractivity contribution is 9.10. The molecular weight excluding hydrogens is 296 g/mol. The van der Waals surface area contributed by atoms with Gasteiger partial charge in [0.15, 0.2) is 0 Å². The molecule has 4 heteroatoms. The number of nitrogens with one attached hydrogen (secondary N) is 1. The van der Waals surface area contributed by atoms with Gasteiger partial charge in [-0.05, 0) is 24.2 Å². The van der Waals surface area contributed by atoms with Crippen LogP contribution in [0.1, 0.15) is 11.1 Å². The lowest BCUT2D eigenvalue weighted by Crippen LogP contribution is -2.32. The van der Waals surface area contributed by atoms with Gasteiger partial charge in [-0.3, -0.25) is 4.90 Å². The van der Waals surface area contributed by atoms with Crippen LogP contribution in [-0.2, 0) is 13.1 Å². The highest BCUT2D eigenvalue weighted by Crippen LogP contribution is 2.21. The summed E-state index contributed by atoms with van der Waals surface area (Å²) >= 11 is 5.75. The minimum absolute atomic E-state index is 0.930. The Kier molecular flexibility index (Phi) is 5.35. The molecule has 1 saturated heterocycles. The molecule has 0 aliphatic carbocycles. The SMILES string of the molecule is CNCc1ccc(CN2CCSCC2)c(Br)c1. The van der Waals surface area contributed by atoms with E-state index in [1.54, 1.807) is 0 Å². The largest absolute Gasteiger partial charge is 0.316 e. The van der Waals surface area contributed by atoms with Crippen LogP contribution in [0.15, 0.2) is 22.7 Å². The van der Waals surface area contributed by atoms with Gasteiger partial charge in [0.25, 0.3) is 0 Å². The quantitative estimate of drug-likeness (QED) is 0.920. The van der Waals surface area contributed by atoms with Gasteiger partial charge in [0.2, 0.25) is 0 Å². The molecule has 0 amide bonds. The van der Waals surface area contributed by atoms with Crippen LogP contribution in [0.5, 0.6) is 0 Å². The van der Waals surface area contributed by atoms with Crippen LogP contribution in [0.2, 0.25) is 0 Å². The van der Waals surface area contributed by atoms with Crippen LogP contribution < -0.4 is 5.32 Å². The smallest absolute Gasteiger partial charge is 0.0245 e. The van der Waals surface area contributed by atoms with E-state index in [1.807, 2.05) is 7.05 Å². The third-order valence-corrected chi connectivity index (χ3v) is 4.68.